The Bertz CT molecular complexity index is 1030. The molecule has 0 aliphatic rings. The molecule has 0 aromatic heterocycles. The minimum absolute atomic E-state index is 0.117. The summed E-state index contributed by atoms with van der Waals surface area (Å²) in [5, 5.41) is 0. The predicted octanol–water partition coefficient (Wildman–Crippen LogP) is 5.50. The van der Waals surface area contributed by atoms with Gasteiger partial charge in [0.1, 0.15) is 28.8 Å². The van der Waals surface area contributed by atoms with Crippen molar-refractivity contribution in [1.29, 1.82) is 0 Å². The van der Waals surface area contributed by atoms with Gasteiger partial charge in [-0.3, -0.25) is 4.79 Å². The molecule has 0 unspecified atom stereocenters. The zero-order valence-corrected chi connectivity index (χ0v) is 17.4. The number of halogens is 1. The highest BCUT2D eigenvalue weighted by atomic mass is 19.1. The second-order valence-electron chi connectivity index (χ2n) is 6.79. The van der Waals surface area contributed by atoms with Crippen LogP contribution in [0.4, 0.5) is 10.1 Å². The first-order chi connectivity index (χ1) is 14.4. The van der Waals surface area contributed by atoms with Crippen molar-refractivity contribution in [1.82, 2.24) is 0 Å². The van der Waals surface area contributed by atoms with Crippen LogP contribution in [0.1, 0.15) is 18.1 Å². The van der Waals surface area contributed by atoms with E-state index < -0.39 is 0 Å². The minimum atomic E-state index is -0.320. The van der Waals surface area contributed by atoms with E-state index in [-0.39, 0.29) is 11.7 Å². The van der Waals surface area contributed by atoms with Gasteiger partial charge >= 0.3 is 0 Å². The van der Waals surface area contributed by atoms with Crippen molar-refractivity contribution in [2.24, 2.45) is 0 Å². The van der Waals surface area contributed by atoms with E-state index in [0.717, 1.165) is 5.56 Å². The summed E-state index contributed by atoms with van der Waals surface area (Å²) in [5.74, 6) is 1.87. The van der Waals surface area contributed by atoms with E-state index in [2.05, 4.69) is 0 Å². The summed E-state index contributed by atoms with van der Waals surface area (Å²) in [4.78, 5) is 14.0. The number of nitrogens with zero attached hydrogens (tertiary/aromatic N) is 1. The molecule has 5 nitrogen and oxygen atoms in total. The van der Waals surface area contributed by atoms with Crippen molar-refractivity contribution in [2.75, 3.05) is 19.1 Å². The number of rotatable bonds is 7. The molecular weight excluding hydrogens is 385 g/mol. The van der Waals surface area contributed by atoms with Crippen LogP contribution in [0.15, 0.2) is 60.7 Å². The van der Waals surface area contributed by atoms with Crippen LogP contribution in [0.25, 0.3) is 0 Å². The maximum absolute atomic E-state index is 13.7. The topological polar surface area (TPSA) is 48.0 Å². The lowest BCUT2D eigenvalue weighted by Crippen LogP contribution is -2.28. The molecule has 3 aromatic rings. The maximum Gasteiger partial charge on any atom is 0.224 e. The number of benzene rings is 3. The molecular formula is C24H24FNO4. The third-order valence-corrected chi connectivity index (χ3v) is 4.72. The Labute approximate surface area is 175 Å². The lowest BCUT2D eigenvalue weighted by atomic mass is 10.1. The Morgan fingerprint density at radius 2 is 1.57 bits per heavy atom. The molecule has 0 N–H and O–H groups in total. The molecule has 156 valence electrons. The first-order valence-electron chi connectivity index (χ1n) is 9.44. The van der Waals surface area contributed by atoms with Crippen molar-refractivity contribution >= 4 is 11.6 Å². The molecule has 6 heteroatoms. The van der Waals surface area contributed by atoms with Crippen LogP contribution in [0.5, 0.6) is 23.0 Å². The van der Waals surface area contributed by atoms with Gasteiger partial charge in [0.25, 0.3) is 0 Å². The van der Waals surface area contributed by atoms with E-state index in [4.69, 9.17) is 14.2 Å². The molecule has 0 bridgehead atoms. The van der Waals surface area contributed by atoms with Crippen molar-refractivity contribution in [3.63, 3.8) is 0 Å². The van der Waals surface area contributed by atoms with Crippen LogP contribution < -0.4 is 19.1 Å². The van der Waals surface area contributed by atoms with Crippen molar-refractivity contribution < 1.29 is 23.4 Å². The molecule has 0 radical (unpaired) electrons. The van der Waals surface area contributed by atoms with E-state index in [9.17, 15) is 9.18 Å². The quantitative estimate of drug-likeness (QED) is 0.517. The Morgan fingerprint density at radius 3 is 2.17 bits per heavy atom. The van der Waals surface area contributed by atoms with Crippen LogP contribution in [-0.4, -0.2) is 20.1 Å². The second-order valence-corrected chi connectivity index (χ2v) is 6.79. The number of carbonyl (C=O) groups excluding carboxylic acids is 1. The molecule has 0 spiro atoms. The van der Waals surface area contributed by atoms with Crippen LogP contribution >= 0.6 is 0 Å². The fourth-order valence-corrected chi connectivity index (χ4v) is 3.03. The van der Waals surface area contributed by atoms with Crippen LogP contribution in [-0.2, 0) is 11.3 Å². The van der Waals surface area contributed by atoms with E-state index >= 15 is 0 Å². The number of methoxy groups -OCH3 is 2. The van der Waals surface area contributed by atoms with Crippen LogP contribution in [0, 0.1) is 12.7 Å². The van der Waals surface area contributed by atoms with Gasteiger partial charge in [-0.2, -0.15) is 0 Å². The highest BCUT2D eigenvalue weighted by Gasteiger charge is 2.16. The first-order valence-corrected chi connectivity index (χ1v) is 9.44. The fraction of sp³-hybridized carbons (Fsp3) is 0.208. The Hall–Kier alpha value is -3.54. The van der Waals surface area contributed by atoms with E-state index in [1.54, 1.807) is 68.5 Å². The monoisotopic (exact) mass is 409 g/mol. The zero-order chi connectivity index (χ0) is 21.7. The lowest BCUT2D eigenvalue weighted by molar-refractivity contribution is -0.116. The van der Waals surface area contributed by atoms with Crippen molar-refractivity contribution in [3.8, 4) is 23.0 Å². The zero-order valence-electron chi connectivity index (χ0n) is 17.4. The predicted molar refractivity (Wildman–Crippen MR) is 114 cm³/mol. The average Bonchev–Trinajstić information content (AvgIpc) is 2.75. The number of hydrogen-bond acceptors (Lipinski definition) is 4. The minimum Gasteiger partial charge on any atom is -0.497 e. The van der Waals surface area contributed by atoms with Crippen molar-refractivity contribution in [3.05, 3.63) is 77.6 Å². The third kappa shape index (κ3) is 4.89. The average molecular weight is 409 g/mol. The largest absolute Gasteiger partial charge is 0.497 e. The molecule has 0 heterocycles. The van der Waals surface area contributed by atoms with Gasteiger partial charge in [-0.1, -0.05) is 6.07 Å². The molecule has 1 amide bonds. The molecule has 0 aliphatic heterocycles. The molecule has 0 atom stereocenters. The van der Waals surface area contributed by atoms with E-state index in [1.165, 1.54) is 13.0 Å². The molecule has 30 heavy (non-hydrogen) atoms. The molecule has 0 aliphatic carbocycles. The van der Waals surface area contributed by atoms with Gasteiger partial charge in [-0.25, -0.2) is 4.39 Å². The summed E-state index contributed by atoms with van der Waals surface area (Å²) in [6, 6.07) is 17.2. The molecule has 0 fully saturated rings. The Morgan fingerprint density at radius 1 is 0.900 bits per heavy atom. The number of amides is 1. The van der Waals surface area contributed by atoms with Gasteiger partial charge in [0.15, 0.2) is 0 Å². The van der Waals surface area contributed by atoms with Gasteiger partial charge in [0.2, 0.25) is 5.91 Å². The lowest BCUT2D eigenvalue weighted by Gasteiger charge is -2.23. The summed E-state index contributed by atoms with van der Waals surface area (Å²) in [6.45, 7) is 3.52. The van der Waals surface area contributed by atoms with Crippen LogP contribution in [0.3, 0.4) is 0 Å². The highest BCUT2D eigenvalue weighted by Crippen LogP contribution is 2.29. The number of hydrogen-bond donors (Lipinski definition) is 0. The summed E-state index contributed by atoms with van der Waals surface area (Å²) in [5.41, 5.74) is 2.08. The van der Waals surface area contributed by atoms with Gasteiger partial charge in [-0.05, 0) is 61.0 Å². The molecule has 0 saturated carbocycles. The Kier molecular flexibility index (Phi) is 6.57. The fourth-order valence-electron chi connectivity index (χ4n) is 3.03. The standard InChI is InChI=1S/C24H24FNO4/c1-16-5-8-22(14-23(16)25)30-20-9-6-19(7-10-20)26(17(2)27)15-18-13-21(28-3)11-12-24(18)29-4/h5-14H,15H2,1-4H3. The van der Waals surface area contributed by atoms with Crippen LogP contribution in [0.2, 0.25) is 0 Å². The number of carbonyl (C=O) groups is 1. The molecule has 3 rings (SSSR count). The van der Waals surface area contributed by atoms with E-state index in [0.29, 0.717) is 40.8 Å². The summed E-state index contributed by atoms with van der Waals surface area (Å²) >= 11 is 0. The molecule has 3 aromatic carbocycles. The van der Waals surface area contributed by atoms with E-state index in [1.807, 2.05) is 12.1 Å². The summed E-state index contributed by atoms with van der Waals surface area (Å²) in [6.07, 6.45) is 0. The summed E-state index contributed by atoms with van der Waals surface area (Å²) in [7, 11) is 3.18. The van der Waals surface area contributed by atoms with Crippen molar-refractivity contribution in [2.45, 2.75) is 20.4 Å². The summed E-state index contributed by atoms with van der Waals surface area (Å²) < 4.78 is 30.1. The highest BCUT2D eigenvalue weighted by molar-refractivity contribution is 5.91. The maximum atomic E-state index is 13.7. The molecule has 0 saturated heterocycles. The van der Waals surface area contributed by atoms with Gasteiger partial charge in [0.05, 0.1) is 20.8 Å². The number of ether oxygens (including phenoxy) is 3. The smallest absolute Gasteiger partial charge is 0.224 e. The van der Waals surface area contributed by atoms with Gasteiger partial charge < -0.3 is 19.1 Å². The first kappa shape index (κ1) is 21.2. The van der Waals surface area contributed by atoms with Gasteiger partial charge in [0, 0.05) is 24.2 Å². The number of aryl methyl sites for hydroxylation is 1. The Balaban J connectivity index is 1.81. The van der Waals surface area contributed by atoms with Gasteiger partial charge in [-0.15, -0.1) is 0 Å². The third-order valence-electron chi connectivity index (χ3n) is 4.72. The number of anilines is 1. The second kappa shape index (κ2) is 9.31. The SMILES string of the molecule is COc1ccc(OC)c(CN(C(C)=O)c2ccc(Oc3ccc(C)c(F)c3)cc2)c1. The normalized spacial score (nSPS) is 10.4.